The van der Waals surface area contributed by atoms with Gasteiger partial charge in [0.15, 0.2) is 6.04 Å². The Morgan fingerprint density at radius 3 is 1.78 bits per heavy atom. The molecule has 32 heavy (non-hydrogen) atoms. The number of rotatable bonds is 11. The number of aliphatic hydroxyl groups excluding tert-OH is 2. The summed E-state index contributed by atoms with van der Waals surface area (Å²) in [7, 11) is 0. The highest BCUT2D eigenvalue weighted by molar-refractivity contribution is 5.94. The highest BCUT2D eigenvalue weighted by Crippen LogP contribution is 2.12. The molecular weight excluding hydrogens is 424 g/mol. The van der Waals surface area contributed by atoms with E-state index < -0.39 is 60.1 Å². The number of benzene rings is 1. The van der Waals surface area contributed by atoms with Gasteiger partial charge in [-0.3, -0.25) is 14.4 Å². The van der Waals surface area contributed by atoms with Gasteiger partial charge >= 0.3 is 5.97 Å². The van der Waals surface area contributed by atoms with Crippen LogP contribution in [0.2, 0.25) is 0 Å². The van der Waals surface area contributed by atoms with Crippen LogP contribution in [0.4, 0.5) is 0 Å². The molecule has 0 heterocycles. The molecule has 0 spiro atoms. The molecule has 0 fully saturated rings. The van der Waals surface area contributed by atoms with Crippen molar-refractivity contribution in [2.24, 2.45) is 5.73 Å². The number of hydrogen-bond donors (Lipinski definition) is 8. The van der Waals surface area contributed by atoms with E-state index in [9.17, 15) is 34.5 Å². The fourth-order valence-corrected chi connectivity index (χ4v) is 2.67. The molecule has 1 aromatic rings. The summed E-state index contributed by atoms with van der Waals surface area (Å²) < 4.78 is 0. The van der Waals surface area contributed by atoms with Crippen LogP contribution in [-0.4, -0.2) is 80.5 Å². The Morgan fingerprint density at radius 1 is 0.844 bits per heavy atom. The molecule has 3 amide bonds. The second-order valence-corrected chi connectivity index (χ2v) is 7.51. The molecule has 178 valence electrons. The van der Waals surface area contributed by atoms with Crippen LogP contribution < -0.4 is 21.7 Å². The first-order valence-corrected chi connectivity index (χ1v) is 9.87. The molecule has 9 N–H and O–H groups in total. The minimum absolute atomic E-state index is 0.00584. The average molecular weight is 454 g/mol. The summed E-state index contributed by atoms with van der Waals surface area (Å²) in [5, 5.41) is 44.8. The van der Waals surface area contributed by atoms with Crippen molar-refractivity contribution in [1.29, 1.82) is 0 Å². The number of carboxylic acids is 1. The minimum atomic E-state index is -1.66. The van der Waals surface area contributed by atoms with Gasteiger partial charge in [0.05, 0.1) is 18.2 Å². The van der Waals surface area contributed by atoms with Crippen LogP contribution in [0.5, 0.6) is 5.75 Å². The van der Waals surface area contributed by atoms with Crippen molar-refractivity contribution in [1.82, 2.24) is 16.0 Å². The largest absolute Gasteiger partial charge is 0.508 e. The van der Waals surface area contributed by atoms with Crippen molar-refractivity contribution in [3.05, 3.63) is 29.8 Å². The van der Waals surface area contributed by atoms with Gasteiger partial charge in [-0.2, -0.15) is 0 Å². The van der Waals surface area contributed by atoms with E-state index in [0.717, 1.165) is 6.92 Å². The molecule has 0 bridgehead atoms. The number of carbonyl (C=O) groups is 4. The highest BCUT2D eigenvalue weighted by Gasteiger charge is 2.33. The Labute approximate surface area is 184 Å². The maximum atomic E-state index is 12.9. The molecule has 6 atom stereocenters. The van der Waals surface area contributed by atoms with Crippen molar-refractivity contribution >= 4 is 23.7 Å². The lowest BCUT2D eigenvalue weighted by Gasteiger charge is -2.27. The summed E-state index contributed by atoms with van der Waals surface area (Å²) in [5.41, 5.74) is 6.12. The number of phenolic OH excluding ortho intramolecular Hbond substituents is 1. The number of aliphatic carboxylic acids is 1. The van der Waals surface area contributed by atoms with Crippen molar-refractivity contribution < 1.29 is 39.6 Å². The van der Waals surface area contributed by atoms with Crippen molar-refractivity contribution in [3.63, 3.8) is 0 Å². The molecule has 0 saturated carbocycles. The number of carboxylic acid groups (broad SMARTS) is 1. The van der Waals surface area contributed by atoms with E-state index in [1.54, 1.807) is 0 Å². The van der Waals surface area contributed by atoms with Gasteiger partial charge in [0.25, 0.3) is 0 Å². The van der Waals surface area contributed by atoms with E-state index in [1.807, 2.05) is 0 Å². The fraction of sp³-hybridized carbons (Fsp3) is 0.500. The molecule has 0 radical (unpaired) electrons. The summed E-state index contributed by atoms with van der Waals surface area (Å²) in [6.07, 6.45) is -2.89. The Balaban J connectivity index is 3.06. The smallest absolute Gasteiger partial charge is 0.328 e. The van der Waals surface area contributed by atoms with Crippen molar-refractivity contribution in [3.8, 4) is 5.75 Å². The number of amides is 3. The number of hydrogen-bond acceptors (Lipinski definition) is 8. The zero-order chi connectivity index (χ0) is 24.6. The SMILES string of the molecule is CC(N)C(=O)NC(Cc1ccc(O)cc1)C(=O)NC(C(=O)NC(C(=O)O)C(C)O)C(C)O. The monoisotopic (exact) mass is 454 g/mol. The van der Waals surface area contributed by atoms with E-state index >= 15 is 0 Å². The van der Waals surface area contributed by atoms with E-state index in [0.29, 0.717) is 5.56 Å². The van der Waals surface area contributed by atoms with E-state index in [1.165, 1.54) is 38.1 Å². The molecule has 6 unspecified atom stereocenters. The first-order valence-electron chi connectivity index (χ1n) is 9.87. The molecule has 12 nitrogen and oxygen atoms in total. The highest BCUT2D eigenvalue weighted by atomic mass is 16.4. The van der Waals surface area contributed by atoms with Gasteiger partial charge in [-0.05, 0) is 38.5 Å². The predicted octanol–water partition coefficient (Wildman–Crippen LogP) is -2.42. The molecule has 0 aromatic heterocycles. The Hall–Kier alpha value is -3.22. The third kappa shape index (κ3) is 8.13. The summed E-state index contributed by atoms with van der Waals surface area (Å²) in [6, 6.07) is 0.503. The quantitative estimate of drug-likeness (QED) is 0.178. The zero-order valence-corrected chi connectivity index (χ0v) is 18.0. The lowest BCUT2D eigenvalue weighted by atomic mass is 10.0. The van der Waals surface area contributed by atoms with E-state index in [4.69, 9.17) is 10.8 Å². The third-order valence-corrected chi connectivity index (χ3v) is 4.53. The number of nitrogens with one attached hydrogen (secondary N) is 3. The minimum Gasteiger partial charge on any atom is -0.508 e. The van der Waals surface area contributed by atoms with Gasteiger partial charge in [-0.1, -0.05) is 12.1 Å². The lowest BCUT2D eigenvalue weighted by Crippen LogP contribution is -2.61. The van der Waals surface area contributed by atoms with Crippen LogP contribution in [0.3, 0.4) is 0 Å². The molecular formula is C20H30N4O8. The molecule has 0 saturated heterocycles. The van der Waals surface area contributed by atoms with Gasteiger partial charge < -0.3 is 42.1 Å². The van der Waals surface area contributed by atoms with Gasteiger partial charge in [0.2, 0.25) is 17.7 Å². The Kier molecular flexibility index (Phi) is 10.0. The summed E-state index contributed by atoms with van der Waals surface area (Å²) in [5.74, 6) is -4.01. The second-order valence-electron chi connectivity index (χ2n) is 7.51. The topological polar surface area (TPSA) is 211 Å². The second kappa shape index (κ2) is 12.0. The predicted molar refractivity (Wildman–Crippen MR) is 112 cm³/mol. The van der Waals surface area contributed by atoms with E-state index in [2.05, 4.69) is 16.0 Å². The van der Waals surface area contributed by atoms with E-state index in [-0.39, 0.29) is 12.2 Å². The first-order chi connectivity index (χ1) is 14.8. The van der Waals surface area contributed by atoms with Crippen molar-refractivity contribution in [2.45, 2.75) is 63.6 Å². The Morgan fingerprint density at radius 2 is 1.34 bits per heavy atom. The van der Waals surface area contributed by atoms with Crippen LogP contribution in [0.1, 0.15) is 26.3 Å². The number of aromatic hydroxyl groups is 1. The van der Waals surface area contributed by atoms with Crippen LogP contribution in [0.25, 0.3) is 0 Å². The zero-order valence-electron chi connectivity index (χ0n) is 18.0. The van der Waals surface area contributed by atoms with Gasteiger partial charge in [0.1, 0.15) is 17.8 Å². The average Bonchev–Trinajstić information content (AvgIpc) is 2.69. The number of phenols is 1. The standard InChI is InChI=1S/C20H30N4O8/c1-9(21)17(28)22-14(8-12-4-6-13(27)7-5-12)18(29)23-15(10(2)25)19(30)24-16(11(3)26)20(31)32/h4-7,9-11,14-16,25-27H,8,21H2,1-3H3,(H,22,28)(H,23,29)(H,24,30)(H,31,32). The van der Waals surface area contributed by atoms with Gasteiger partial charge in [0, 0.05) is 6.42 Å². The number of carbonyl (C=O) groups excluding carboxylic acids is 3. The van der Waals surface area contributed by atoms with Gasteiger partial charge in [-0.25, -0.2) is 4.79 Å². The molecule has 0 aliphatic heterocycles. The van der Waals surface area contributed by atoms with Crippen LogP contribution >= 0.6 is 0 Å². The van der Waals surface area contributed by atoms with Crippen LogP contribution in [0.15, 0.2) is 24.3 Å². The Bertz CT molecular complexity index is 810. The third-order valence-electron chi connectivity index (χ3n) is 4.53. The van der Waals surface area contributed by atoms with Crippen LogP contribution in [-0.2, 0) is 25.6 Å². The first kappa shape index (κ1) is 26.8. The van der Waals surface area contributed by atoms with Gasteiger partial charge in [-0.15, -0.1) is 0 Å². The molecule has 12 heteroatoms. The summed E-state index contributed by atoms with van der Waals surface area (Å²) in [4.78, 5) is 48.6. The molecule has 1 aromatic carbocycles. The van der Waals surface area contributed by atoms with Crippen LogP contribution in [0, 0.1) is 0 Å². The number of aliphatic hydroxyl groups is 2. The normalized spacial score (nSPS) is 16.6. The molecule has 0 aliphatic carbocycles. The number of nitrogens with two attached hydrogens (primary N) is 1. The maximum absolute atomic E-state index is 12.9. The molecule has 1 rings (SSSR count). The summed E-state index contributed by atoms with van der Waals surface area (Å²) in [6.45, 7) is 3.78. The van der Waals surface area contributed by atoms with Crippen molar-refractivity contribution in [2.75, 3.05) is 0 Å². The maximum Gasteiger partial charge on any atom is 0.328 e. The molecule has 0 aliphatic rings. The lowest BCUT2D eigenvalue weighted by molar-refractivity contribution is -0.146. The summed E-state index contributed by atoms with van der Waals surface area (Å²) >= 11 is 0. The fourth-order valence-electron chi connectivity index (χ4n) is 2.67.